The molecule has 1 aromatic carbocycles. The number of nitrogens with one attached hydrogen (secondary N) is 2. The number of unbranched alkanes of at least 4 members (excludes halogenated alkanes) is 1. The second kappa shape index (κ2) is 10.4. The van der Waals surface area contributed by atoms with Gasteiger partial charge in [0.25, 0.3) is 0 Å². The Kier molecular flexibility index (Phi) is 8.47. The third-order valence-electron chi connectivity index (χ3n) is 2.74. The van der Waals surface area contributed by atoms with Crippen molar-refractivity contribution in [3.8, 4) is 0 Å². The van der Waals surface area contributed by atoms with Crippen molar-refractivity contribution in [1.29, 1.82) is 0 Å². The first-order valence-electron chi connectivity index (χ1n) is 6.93. The molecule has 0 aliphatic heterocycles. The van der Waals surface area contributed by atoms with Crippen molar-refractivity contribution in [3.63, 3.8) is 0 Å². The fourth-order valence-electron chi connectivity index (χ4n) is 1.68. The van der Waals surface area contributed by atoms with Crippen molar-refractivity contribution in [2.24, 2.45) is 4.99 Å². The van der Waals surface area contributed by atoms with Crippen LogP contribution in [0.1, 0.15) is 25.3 Å². The first kappa shape index (κ1) is 15.5. The van der Waals surface area contributed by atoms with Gasteiger partial charge < -0.3 is 15.4 Å². The van der Waals surface area contributed by atoms with Crippen LogP contribution in [-0.4, -0.2) is 32.8 Å². The topological polar surface area (TPSA) is 45.6 Å². The average Bonchev–Trinajstić information content (AvgIpc) is 2.47. The van der Waals surface area contributed by atoms with Crippen LogP contribution < -0.4 is 10.6 Å². The van der Waals surface area contributed by atoms with E-state index in [1.165, 1.54) is 5.56 Å². The van der Waals surface area contributed by atoms with Gasteiger partial charge in [0.1, 0.15) is 0 Å². The summed E-state index contributed by atoms with van der Waals surface area (Å²) in [5.41, 5.74) is 1.25. The summed E-state index contributed by atoms with van der Waals surface area (Å²) in [6, 6.07) is 10.3. The van der Waals surface area contributed by atoms with Crippen molar-refractivity contribution in [3.05, 3.63) is 35.9 Å². The van der Waals surface area contributed by atoms with Crippen molar-refractivity contribution < 1.29 is 4.74 Å². The lowest BCUT2D eigenvalue weighted by molar-refractivity contribution is 0.143. The smallest absolute Gasteiger partial charge is 0.191 e. The van der Waals surface area contributed by atoms with Crippen LogP contribution >= 0.6 is 0 Å². The minimum atomic E-state index is 0.791. The number of hydrogen-bond acceptors (Lipinski definition) is 2. The highest BCUT2D eigenvalue weighted by Crippen LogP contribution is 1.96. The lowest BCUT2D eigenvalue weighted by Crippen LogP contribution is -2.37. The summed E-state index contributed by atoms with van der Waals surface area (Å²) in [5, 5.41) is 6.60. The minimum absolute atomic E-state index is 0.791. The molecule has 0 aromatic heterocycles. The Balaban J connectivity index is 2.13. The molecule has 0 atom stereocenters. The summed E-state index contributed by atoms with van der Waals surface area (Å²) in [6.45, 7) is 5.37. The van der Waals surface area contributed by atoms with Gasteiger partial charge in [-0.05, 0) is 25.3 Å². The quantitative estimate of drug-likeness (QED) is 0.429. The van der Waals surface area contributed by atoms with Crippen LogP contribution in [0.4, 0.5) is 0 Å². The standard InChI is InChI=1S/C15H25N3O/c1-3-19-12-8-7-11-17-15(16-2)18-13-14-9-5-4-6-10-14/h4-6,9-10H,3,7-8,11-13H2,1-2H3,(H2,16,17,18). The van der Waals surface area contributed by atoms with E-state index in [4.69, 9.17) is 4.74 Å². The van der Waals surface area contributed by atoms with Gasteiger partial charge in [-0.25, -0.2) is 0 Å². The molecule has 0 aliphatic carbocycles. The van der Waals surface area contributed by atoms with Gasteiger partial charge in [-0.2, -0.15) is 0 Å². The SMILES string of the molecule is CCOCCCCNC(=NC)NCc1ccccc1. The Morgan fingerprint density at radius 3 is 2.63 bits per heavy atom. The van der Waals surface area contributed by atoms with Gasteiger partial charge in [0, 0.05) is 33.4 Å². The van der Waals surface area contributed by atoms with E-state index in [2.05, 4.69) is 27.8 Å². The highest BCUT2D eigenvalue weighted by Gasteiger charge is 1.97. The zero-order valence-corrected chi connectivity index (χ0v) is 12.0. The zero-order chi connectivity index (χ0) is 13.8. The molecule has 0 radical (unpaired) electrons. The van der Waals surface area contributed by atoms with Crippen LogP contribution in [0.2, 0.25) is 0 Å². The number of rotatable bonds is 8. The highest BCUT2D eigenvalue weighted by atomic mass is 16.5. The van der Waals surface area contributed by atoms with Crippen LogP contribution in [0.15, 0.2) is 35.3 Å². The van der Waals surface area contributed by atoms with Gasteiger partial charge >= 0.3 is 0 Å². The van der Waals surface area contributed by atoms with Gasteiger partial charge in [-0.3, -0.25) is 4.99 Å². The summed E-state index contributed by atoms with van der Waals surface area (Å²) >= 11 is 0. The van der Waals surface area contributed by atoms with E-state index < -0.39 is 0 Å². The maximum Gasteiger partial charge on any atom is 0.191 e. The molecule has 0 unspecified atom stereocenters. The van der Waals surface area contributed by atoms with Gasteiger partial charge in [-0.1, -0.05) is 30.3 Å². The number of aliphatic imine (C=N–C) groups is 1. The summed E-state index contributed by atoms with van der Waals surface area (Å²) in [6.07, 6.45) is 2.17. The predicted octanol–water partition coefficient (Wildman–Crippen LogP) is 2.17. The van der Waals surface area contributed by atoms with Crippen LogP contribution in [0, 0.1) is 0 Å². The van der Waals surface area contributed by atoms with Crippen LogP contribution in [-0.2, 0) is 11.3 Å². The molecule has 0 fully saturated rings. The Morgan fingerprint density at radius 1 is 1.16 bits per heavy atom. The summed E-state index contributed by atoms with van der Waals surface area (Å²) in [5.74, 6) is 0.847. The maximum absolute atomic E-state index is 5.30. The van der Waals surface area contributed by atoms with E-state index in [1.54, 1.807) is 7.05 Å². The normalized spacial score (nSPS) is 11.4. The molecule has 0 aliphatic rings. The fourth-order valence-corrected chi connectivity index (χ4v) is 1.68. The lowest BCUT2D eigenvalue weighted by atomic mass is 10.2. The van der Waals surface area contributed by atoms with Gasteiger partial charge in [0.05, 0.1) is 0 Å². The second-order valence-electron chi connectivity index (χ2n) is 4.24. The molecule has 1 aromatic rings. The highest BCUT2D eigenvalue weighted by molar-refractivity contribution is 5.79. The molecule has 0 spiro atoms. The molecule has 0 saturated carbocycles. The number of hydrogen-bond donors (Lipinski definition) is 2. The Labute approximate surface area is 116 Å². The molecule has 0 heterocycles. The van der Waals surface area contributed by atoms with Gasteiger partial charge in [-0.15, -0.1) is 0 Å². The largest absolute Gasteiger partial charge is 0.382 e. The molecule has 4 nitrogen and oxygen atoms in total. The molecule has 4 heteroatoms. The zero-order valence-electron chi connectivity index (χ0n) is 12.0. The Hall–Kier alpha value is -1.55. The molecular weight excluding hydrogens is 238 g/mol. The average molecular weight is 263 g/mol. The van der Waals surface area contributed by atoms with E-state index in [0.717, 1.165) is 45.1 Å². The maximum atomic E-state index is 5.30. The first-order valence-corrected chi connectivity index (χ1v) is 6.93. The predicted molar refractivity (Wildman–Crippen MR) is 80.4 cm³/mol. The van der Waals surface area contributed by atoms with Gasteiger partial charge in [0.2, 0.25) is 0 Å². The van der Waals surface area contributed by atoms with Crippen LogP contribution in [0.5, 0.6) is 0 Å². The molecule has 0 saturated heterocycles. The summed E-state index contributed by atoms with van der Waals surface area (Å²) in [4.78, 5) is 4.20. The fraction of sp³-hybridized carbons (Fsp3) is 0.533. The monoisotopic (exact) mass is 263 g/mol. The molecule has 2 N–H and O–H groups in total. The Bertz CT molecular complexity index is 352. The van der Waals surface area contributed by atoms with E-state index in [-0.39, 0.29) is 0 Å². The summed E-state index contributed by atoms with van der Waals surface area (Å²) < 4.78 is 5.30. The third kappa shape index (κ3) is 7.47. The molecule has 0 amide bonds. The second-order valence-corrected chi connectivity index (χ2v) is 4.24. The third-order valence-corrected chi connectivity index (χ3v) is 2.74. The van der Waals surface area contributed by atoms with E-state index >= 15 is 0 Å². The van der Waals surface area contributed by atoms with Crippen molar-refractivity contribution in [2.45, 2.75) is 26.3 Å². The van der Waals surface area contributed by atoms with Gasteiger partial charge in [0.15, 0.2) is 5.96 Å². The lowest BCUT2D eigenvalue weighted by Gasteiger charge is -2.11. The number of guanidine groups is 1. The molecule has 0 bridgehead atoms. The van der Waals surface area contributed by atoms with Crippen molar-refractivity contribution >= 4 is 5.96 Å². The van der Waals surface area contributed by atoms with Crippen molar-refractivity contribution in [1.82, 2.24) is 10.6 Å². The summed E-state index contributed by atoms with van der Waals surface area (Å²) in [7, 11) is 1.79. The molecular formula is C15H25N3O. The molecule has 19 heavy (non-hydrogen) atoms. The van der Waals surface area contributed by atoms with E-state index in [1.807, 2.05) is 25.1 Å². The Morgan fingerprint density at radius 2 is 1.95 bits per heavy atom. The first-order chi connectivity index (χ1) is 9.36. The molecule has 1 rings (SSSR count). The number of nitrogens with zero attached hydrogens (tertiary/aromatic N) is 1. The van der Waals surface area contributed by atoms with E-state index in [9.17, 15) is 0 Å². The van der Waals surface area contributed by atoms with Crippen LogP contribution in [0.3, 0.4) is 0 Å². The minimum Gasteiger partial charge on any atom is -0.382 e. The van der Waals surface area contributed by atoms with Crippen LogP contribution in [0.25, 0.3) is 0 Å². The number of benzene rings is 1. The molecule has 106 valence electrons. The van der Waals surface area contributed by atoms with E-state index in [0.29, 0.717) is 0 Å². The van der Waals surface area contributed by atoms with Crippen molar-refractivity contribution in [2.75, 3.05) is 26.8 Å². The number of ether oxygens (including phenoxy) is 1.